The van der Waals surface area contributed by atoms with E-state index in [1.165, 1.54) is 42.5 Å². The largest absolute Gasteiger partial charge is 0.442 e. The van der Waals surface area contributed by atoms with E-state index in [4.69, 9.17) is 4.42 Å². The highest BCUT2D eigenvalue weighted by Crippen LogP contribution is 2.28. The number of aromatic nitrogens is 2. The molecule has 2 aliphatic rings. The topological polar surface area (TPSA) is 108 Å². The first-order valence-electron chi connectivity index (χ1n) is 10.4. The van der Waals surface area contributed by atoms with E-state index < -0.39 is 10.0 Å². The molecule has 2 N–H and O–H groups in total. The monoisotopic (exact) mass is 420 g/mol. The molecule has 0 aromatic carbocycles. The van der Waals surface area contributed by atoms with Gasteiger partial charge in [0.2, 0.25) is 11.0 Å². The van der Waals surface area contributed by atoms with Gasteiger partial charge in [-0.25, -0.2) is 8.42 Å². The van der Waals surface area contributed by atoms with Gasteiger partial charge in [0.1, 0.15) is 5.69 Å². The molecule has 8 nitrogen and oxygen atoms in total. The highest BCUT2D eigenvalue weighted by Gasteiger charge is 2.35. The molecule has 9 heteroatoms. The maximum Gasteiger partial charge on any atom is 0.276 e. The van der Waals surface area contributed by atoms with Crippen molar-refractivity contribution in [2.45, 2.75) is 50.0 Å². The number of nitrogens with one attached hydrogen (secondary N) is 2. The fraction of sp³-hybridized carbons (Fsp3) is 0.600. The van der Waals surface area contributed by atoms with Crippen molar-refractivity contribution in [2.75, 3.05) is 19.6 Å². The third-order valence-electron chi connectivity index (χ3n) is 5.99. The fourth-order valence-electron chi connectivity index (χ4n) is 4.28. The van der Waals surface area contributed by atoms with Gasteiger partial charge in [0.25, 0.3) is 10.0 Å². The highest BCUT2D eigenvalue weighted by molar-refractivity contribution is 7.89. The van der Waals surface area contributed by atoms with Crippen LogP contribution >= 0.6 is 0 Å². The number of rotatable bonds is 6. The Hall–Kier alpha value is -2.13. The van der Waals surface area contributed by atoms with E-state index in [9.17, 15) is 13.2 Å². The van der Waals surface area contributed by atoms with Crippen molar-refractivity contribution < 1.29 is 17.6 Å². The number of amides is 1. The van der Waals surface area contributed by atoms with E-state index in [1.807, 2.05) is 0 Å². The number of hydrogen-bond donors (Lipinski definition) is 2. The maximum atomic E-state index is 13.0. The van der Waals surface area contributed by atoms with Gasteiger partial charge >= 0.3 is 0 Å². The van der Waals surface area contributed by atoms with E-state index in [0.717, 1.165) is 0 Å². The summed E-state index contributed by atoms with van der Waals surface area (Å²) in [7, 11) is -3.78. The summed E-state index contributed by atoms with van der Waals surface area (Å²) in [6, 6.07) is 4.78. The summed E-state index contributed by atoms with van der Waals surface area (Å²) in [6.45, 7) is 1.29. The Balaban J connectivity index is 1.38. The second-order valence-corrected chi connectivity index (χ2v) is 9.91. The fourth-order valence-corrected chi connectivity index (χ4v) is 5.71. The number of H-pyrrole nitrogens is 1. The van der Waals surface area contributed by atoms with Gasteiger partial charge in [0.15, 0.2) is 5.76 Å². The number of piperidine rings is 1. The van der Waals surface area contributed by atoms with Crippen molar-refractivity contribution in [2.24, 2.45) is 11.8 Å². The molecule has 1 atom stereocenters. The van der Waals surface area contributed by atoms with Gasteiger partial charge in [-0.15, -0.1) is 0 Å². The van der Waals surface area contributed by atoms with E-state index >= 15 is 0 Å². The van der Waals surface area contributed by atoms with Crippen LogP contribution in [-0.2, 0) is 14.8 Å². The van der Waals surface area contributed by atoms with Crippen molar-refractivity contribution in [1.29, 1.82) is 0 Å². The zero-order chi connectivity index (χ0) is 20.3. The molecule has 2 aromatic heterocycles. The molecule has 1 aliphatic heterocycles. The lowest BCUT2D eigenvalue weighted by molar-refractivity contribution is -0.126. The van der Waals surface area contributed by atoms with E-state index in [0.29, 0.717) is 43.3 Å². The zero-order valence-corrected chi connectivity index (χ0v) is 17.3. The number of sulfonamides is 1. The number of carbonyl (C=O) groups excluding carboxylic acids is 1. The van der Waals surface area contributed by atoms with E-state index in [1.54, 1.807) is 18.3 Å². The summed E-state index contributed by atoms with van der Waals surface area (Å²) in [4.78, 5) is 12.6. The van der Waals surface area contributed by atoms with Crippen molar-refractivity contribution in [3.05, 3.63) is 24.4 Å². The van der Waals surface area contributed by atoms with E-state index in [-0.39, 0.29) is 23.5 Å². The first-order chi connectivity index (χ1) is 14.0. The van der Waals surface area contributed by atoms with Gasteiger partial charge in [0.05, 0.1) is 5.92 Å². The Labute approximate surface area is 171 Å². The molecule has 1 amide bonds. The third-order valence-corrected chi connectivity index (χ3v) is 7.73. The molecule has 4 rings (SSSR count). The summed E-state index contributed by atoms with van der Waals surface area (Å²) < 4.78 is 33.0. The maximum absolute atomic E-state index is 13.0. The second-order valence-electron chi connectivity index (χ2n) is 8.04. The Morgan fingerprint density at radius 1 is 1.17 bits per heavy atom. The average molecular weight is 421 g/mol. The highest BCUT2D eigenvalue weighted by atomic mass is 32.2. The molecule has 2 fully saturated rings. The van der Waals surface area contributed by atoms with Gasteiger partial charge in [-0.05, 0) is 49.8 Å². The van der Waals surface area contributed by atoms with Crippen molar-refractivity contribution in [3.8, 4) is 11.5 Å². The lowest BCUT2D eigenvalue weighted by Crippen LogP contribution is -2.46. The van der Waals surface area contributed by atoms with Crippen molar-refractivity contribution >= 4 is 15.9 Å². The van der Waals surface area contributed by atoms with Gasteiger partial charge < -0.3 is 9.73 Å². The van der Waals surface area contributed by atoms with Crippen LogP contribution in [0.5, 0.6) is 0 Å². The molecule has 0 unspecified atom stereocenters. The standard InChI is InChI=1S/C20H28N4O4S/c25-20(21-13-15-5-2-1-3-6-15)16-7-4-12-24(14-16)29(26,27)19-9-8-18(28-19)17-10-11-22-23-17/h8-11,15-16H,1-7,12-14H2,(H,21,25)(H,22,23)/t16-/m0/s1. The Morgan fingerprint density at radius 2 is 2.00 bits per heavy atom. The van der Waals surface area contributed by atoms with Crippen LogP contribution in [0.1, 0.15) is 44.9 Å². The van der Waals surface area contributed by atoms with Gasteiger partial charge in [-0.2, -0.15) is 9.40 Å². The summed E-state index contributed by atoms with van der Waals surface area (Å²) in [6.07, 6.45) is 9.04. The molecule has 1 saturated heterocycles. The van der Waals surface area contributed by atoms with Crippen LogP contribution < -0.4 is 5.32 Å². The lowest BCUT2D eigenvalue weighted by atomic mass is 9.89. The summed E-state index contributed by atoms with van der Waals surface area (Å²) >= 11 is 0. The van der Waals surface area contributed by atoms with Gasteiger partial charge in [-0.1, -0.05) is 19.3 Å². The Bertz CT molecular complexity index is 916. The van der Waals surface area contributed by atoms with Crippen LogP contribution in [0.25, 0.3) is 11.5 Å². The molecule has 0 bridgehead atoms. The molecule has 0 radical (unpaired) electrons. The number of nitrogens with zero attached hydrogens (tertiary/aromatic N) is 2. The molecule has 29 heavy (non-hydrogen) atoms. The van der Waals surface area contributed by atoms with Crippen LogP contribution in [0, 0.1) is 11.8 Å². The van der Waals surface area contributed by atoms with Gasteiger partial charge in [-0.3, -0.25) is 9.89 Å². The molecular formula is C20H28N4O4S. The lowest BCUT2D eigenvalue weighted by Gasteiger charge is -2.31. The first kappa shape index (κ1) is 20.2. The predicted molar refractivity (Wildman–Crippen MR) is 107 cm³/mol. The van der Waals surface area contributed by atoms with Crippen LogP contribution in [0.3, 0.4) is 0 Å². The smallest absolute Gasteiger partial charge is 0.276 e. The molecule has 1 saturated carbocycles. The minimum atomic E-state index is -3.78. The van der Waals surface area contributed by atoms with Gasteiger partial charge in [0, 0.05) is 25.8 Å². The number of furan rings is 1. The van der Waals surface area contributed by atoms with Crippen LogP contribution in [0.4, 0.5) is 0 Å². The van der Waals surface area contributed by atoms with Crippen molar-refractivity contribution in [3.63, 3.8) is 0 Å². The minimum Gasteiger partial charge on any atom is -0.442 e. The molecule has 158 valence electrons. The van der Waals surface area contributed by atoms with Crippen LogP contribution in [0.2, 0.25) is 0 Å². The Morgan fingerprint density at radius 3 is 2.76 bits per heavy atom. The minimum absolute atomic E-state index is 0.0342. The summed E-state index contributed by atoms with van der Waals surface area (Å²) in [5.41, 5.74) is 0.616. The molecular weight excluding hydrogens is 392 g/mol. The van der Waals surface area contributed by atoms with E-state index in [2.05, 4.69) is 15.5 Å². The van der Waals surface area contributed by atoms with Crippen LogP contribution in [0.15, 0.2) is 33.9 Å². The summed E-state index contributed by atoms with van der Waals surface area (Å²) in [5, 5.41) is 9.56. The average Bonchev–Trinajstić information content (AvgIpc) is 3.45. The quantitative estimate of drug-likeness (QED) is 0.747. The Kier molecular flexibility index (Phi) is 6.05. The van der Waals surface area contributed by atoms with Crippen LogP contribution in [-0.4, -0.2) is 48.5 Å². The molecule has 0 spiro atoms. The molecule has 3 heterocycles. The molecule has 2 aromatic rings. The normalized spacial score (nSPS) is 21.9. The number of carbonyl (C=O) groups is 1. The number of hydrogen-bond acceptors (Lipinski definition) is 5. The van der Waals surface area contributed by atoms with Crippen molar-refractivity contribution in [1.82, 2.24) is 19.8 Å². The zero-order valence-electron chi connectivity index (χ0n) is 16.5. The SMILES string of the molecule is O=C(NCC1CCCCC1)[C@H]1CCCN(S(=O)(=O)c2ccc(-c3ccn[nH]3)o2)C1. The second kappa shape index (κ2) is 8.71. The first-order valence-corrected chi connectivity index (χ1v) is 11.9. The predicted octanol–water partition coefficient (Wildman–Crippen LogP) is 2.77. The number of aromatic amines is 1. The molecule has 1 aliphatic carbocycles. The third kappa shape index (κ3) is 4.56. The summed E-state index contributed by atoms with van der Waals surface area (Å²) in [5.74, 6) is 0.622.